The molecule has 0 spiro atoms. The summed E-state index contributed by atoms with van der Waals surface area (Å²) < 4.78 is 49.4. The average Bonchev–Trinajstić information content (AvgIpc) is 2.91. The first-order chi connectivity index (χ1) is 17.5. The molecule has 0 aliphatic carbocycles. The Morgan fingerprint density at radius 3 is 2.14 bits per heavy atom. The zero-order chi connectivity index (χ0) is 25.3. The molecule has 0 N–H and O–H groups in total. The molecule has 0 aliphatic heterocycles. The molecular formula is C30H25ClF2O2S. The van der Waals surface area contributed by atoms with Crippen molar-refractivity contribution in [2.45, 2.75) is 23.7 Å². The molecule has 2 unspecified atom stereocenters. The van der Waals surface area contributed by atoms with Gasteiger partial charge in [-0.1, -0.05) is 72.3 Å². The molecule has 0 amide bonds. The molecular weight excluding hydrogens is 498 g/mol. The van der Waals surface area contributed by atoms with Crippen molar-refractivity contribution < 1.29 is 17.7 Å². The van der Waals surface area contributed by atoms with Gasteiger partial charge in [-0.05, 0) is 66.1 Å². The zero-order valence-electron chi connectivity index (χ0n) is 19.4. The largest absolute Gasteiger partial charge is 0.457 e. The zero-order valence-corrected chi connectivity index (χ0v) is 21.0. The van der Waals surface area contributed by atoms with Crippen molar-refractivity contribution in [3.8, 4) is 11.5 Å². The van der Waals surface area contributed by atoms with Crippen LogP contribution in [0.1, 0.15) is 23.5 Å². The van der Waals surface area contributed by atoms with Crippen molar-refractivity contribution in [3.63, 3.8) is 0 Å². The van der Waals surface area contributed by atoms with Crippen LogP contribution in [0.4, 0.5) is 8.78 Å². The van der Waals surface area contributed by atoms with Gasteiger partial charge in [0.05, 0.1) is 10.8 Å². The topological polar surface area (TPSA) is 26.3 Å². The molecule has 0 saturated carbocycles. The smallest absolute Gasteiger partial charge is 0.139 e. The summed E-state index contributed by atoms with van der Waals surface area (Å²) >= 11 is 6.01. The number of para-hydroxylation sites is 1. The highest BCUT2D eigenvalue weighted by Gasteiger charge is 2.23. The Balaban J connectivity index is 1.54. The second-order valence-corrected chi connectivity index (χ2v) is 10.3. The fourth-order valence-corrected chi connectivity index (χ4v) is 5.12. The monoisotopic (exact) mass is 522 g/mol. The Hall–Kier alpha value is -3.28. The summed E-state index contributed by atoms with van der Waals surface area (Å²) in [4.78, 5) is 0.660. The minimum Gasteiger partial charge on any atom is -0.457 e. The average molecular weight is 523 g/mol. The Morgan fingerprint density at radius 1 is 0.806 bits per heavy atom. The summed E-state index contributed by atoms with van der Waals surface area (Å²) in [7, 11) is -1.33. The highest BCUT2D eigenvalue weighted by molar-refractivity contribution is 7.85. The molecule has 0 fully saturated rings. The van der Waals surface area contributed by atoms with E-state index in [4.69, 9.17) is 16.3 Å². The van der Waals surface area contributed by atoms with E-state index in [2.05, 4.69) is 0 Å². The first-order valence-electron chi connectivity index (χ1n) is 11.5. The van der Waals surface area contributed by atoms with Gasteiger partial charge in [-0.15, -0.1) is 0 Å². The summed E-state index contributed by atoms with van der Waals surface area (Å²) in [5.41, 5.74) is 1.16. The second kappa shape index (κ2) is 12.6. The lowest BCUT2D eigenvalue weighted by Gasteiger charge is -2.17. The van der Waals surface area contributed by atoms with Crippen LogP contribution in [-0.2, 0) is 17.2 Å². The van der Waals surface area contributed by atoms with Crippen molar-refractivity contribution in [3.05, 3.63) is 137 Å². The summed E-state index contributed by atoms with van der Waals surface area (Å²) in [6.07, 6.45) is -0.0385. The van der Waals surface area contributed by atoms with E-state index in [0.717, 1.165) is 0 Å². The SMILES string of the molecule is O=S(CCC(C(F)=C(F)Cc1cccc(Oc2ccccc2)c1)c1ccc(Cl)cc1)c1ccccc1. The molecule has 6 heteroatoms. The molecule has 0 saturated heterocycles. The molecule has 0 radical (unpaired) electrons. The number of benzene rings is 4. The molecule has 0 aliphatic rings. The first kappa shape index (κ1) is 25.8. The van der Waals surface area contributed by atoms with Crippen LogP contribution >= 0.6 is 11.6 Å². The molecule has 2 nitrogen and oxygen atoms in total. The van der Waals surface area contributed by atoms with Gasteiger partial charge >= 0.3 is 0 Å². The van der Waals surface area contributed by atoms with E-state index in [1.165, 1.54) is 0 Å². The third kappa shape index (κ3) is 7.12. The van der Waals surface area contributed by atoms with Crippen LogP contribution in [0.15, 0.2) is 126 Å². The molecule has 36 heavy (non-hydrogen) atoms. The van der Waals surface area contributed by atoms with Crippen LogP contribution in [0.3, 0.4) is 0 Å². The van der Waals surface area contributed by atoms with Crippen LogP contribution < -0.4 is 4.74 Å². The van der Waals surface area contributed by atoms with Gasteiger partial charge in [-0.25, -0.2) is 8.78 Å². The van der Waals surface area contributed by atoms with Gasteiger partial charge in [0, 0.05) is 28.0 Å². The standard InChI is InChI=1S/C30H25ClF2O2S/c31-24-16-14-23(15-17-24)28(18-19-36(34)27-12-5-2-6-13-27)30(33)29(32)21-22-8-7-11-26(20-22)35-25-9-3-1-4-10-25/h1-17,20,28H,18-19,21H2. The van der Waals surface area contributed by atoms with E-state index in [0.29, 0.717) is 32.5 Å². The maximum atomic E-state index is 15.6. The van der Waals surface area contributed by atoms with Crippen molar-refractivity contribution in [1.82, 2.24) is 0 Å². The van der Waals surface area contributed by atoms with E-state index in [1.807, 2.05) is 36.4 Å². The Morgan fingerprint density at radius 2 is 1.44 bits per heavy atom. The van der Waals surface area contributed by atoms with Gasteiger partial charge in [0.2, 0.25) is 0 Å². The van der Waals surface area contributed by atoms with Crippen LogP contribution in [0.5, 0.6) is 11.5 Å². The Bertz CT molecular complexity index is 1330. The molecule has 4 aromatic carbocycles. The van der Waals surface area contributed by atoms with Crippen LogP contribution in [0.25, 0.3) is 0 Å². The summed E-state index contributed by atoms with van der Waals surface area (Å²) in [6.45, 7) is 0. The number of allylic oxidation sites excluding steroid dienone is 2. The van der Waals surface area contributed by atoms with Crippen LogP contribution in [-0.4, -0.2) is 9.96 Å². The van der Waals surface area contributed by atoms with Crippen LogP contribution in [0.2, 0.25) is 5.02 Å². The quantitative estimate of drug-likeness (QED) is 0.208. The number of hydrogen-bond acceptors (Lipinski definition) is 2. The van der Waals surface area contributed by atoms with Crippen molar-refractivity contribution in [2.75, 3.05) is 5.75 Å². The lowest BCUT2D eigenvalue weighted by molar-refractivity contribution is 0.464. The summed E-state index contributed by atoms with van der Waals surface area (Å²) in [6, 6.07) is 31.8. The predicted octanol–water partition coefficient (Wildman–Crippen LogP) is 8.81. The molecule has 0 heterocycles. The van der Waals surface area contributed by atoms with E-state index >= 15 is 8.78 Å². The van der Waals surface area contributed by atoms with Gasteiger partial charge in [-0.3, -0.25) is 4.21 Å². The van der Waals surface area contributed by atoms with E-state index in [9.17, 15) is 4.21 Å². The van der Waals surface area contributed by atoms with E-state index < -0.39 is 28.4 Å². The maximum Gasteiger partial charge on any atom is 0.139 e. The lowest BCUT2D eigenvalue weighted by Crippen LogP contribution is -2.08. The second-order valence-electron chi connectivity index (χ2n) is 8.25. The van der Waals surface area contributed by atoms with Gasteiger partial charge in [0.1, 0.15) is 23.2 Å². The van der Waals surface area contributed by atoms with Gasteiger partial charge in [0.15, 0.2) is 0 Å². The molecule has 184 valence electrons. The van der Waals surface area contributed by atoms with Gasteiger partial charge < -0.3 is 4.74 Å². The third-order valence-electron chi connectivity index (χ3n) is 5.67. The Kier molecular flexibility index (Phi) is 9.04. The third-order valence-corrected chi connectivity index (χ3v) is 7.33. The fraction of sp³-hybridized carbons (Fsp3) is 0.133. The molecule has 2 atom stereocenters. The lowest BCUT2D eigenvalue weighted by atomic mass is 9.93. The van der Waals surface area contributed by atoms with Crippen molar-refractivity contribution in [1.29, 1.82) is 0 Å². The van der Waals surface area contributed by atoms with Crippen molar-refractivity contribution in [2.24, 2.45) is 0 Å². The normalized spacial score (nSPS) is 13.5. The Labute approximate surface area is 217 Å². The minimum absolute atomic E-state index is 0.180. The van der Waals surface area contributed by atoms with Gasteiger partial charge in [0.25, 0.3) is 0 Å². The van der Waals surface area contributed by atoms with Crippen molar-refractivity contribution >= 4 is 22.4 Å². The number of halogens is 3. The summed E-state index contributed by atoms with van der Waals surface area (Å²) in [5, 5.41) is 0.505. The van der Waals surface area contributed by atoms with Gasteiger partial charge in [-0.2, -0.15) is 0 Å². The minimum atomic E-state index is -1.33. The first-order valence-corrected chi connectivity index (χ1v) is 13.2. The number of ether oxygens (including phenoxy) is 1. The van der Waals surface area contributed by atoms with E-state index in [1.54, 1.807) is 72.8 Å². The maximum absolute atomic E-state index is 15.6. The molecule has 4 rings (SSSR count). The summed E-state index contributed by atoms with van der Waals surface area (Å²) in [5.74, 6) is -1.21. The number of hydrogen-bond donors (Lipinski definition) is 0. The molecule has 0 aromatic heterocycles. The number of rotatable bonds is 10. The van der Waals surface area contributed by atoms with E-state index in [-0.39, 0.29) is 18.6 Å². The highest BCUT2D eigenvalue weighted by Crippen LogP contribution is 2.34. The molecule has 0 bridgehead atoms. The fourth-order valence-electron chi connectivity index (χ4n) is 3.85. The molecule has 4 aromatic rings. The predicted molar refractivity (Wildman–Crippen MR) is 142 cm³/mol. The highest BCUT2D eigenvalue weighted by atomic mass is 35.5. The van der Waals surface area contributed by atoms with Crippen LogP contribution in [0, 0.1) is 0 Å².